The Kier molecular flexibility index (Phi) is 4.12. The number of carbonyl (C=O) groups is 1. The maximum atomic E-state index is 12.5. The van der Waals surface area contributed by atoms with Crippen molar-refractivity contribution in [1.29, 1.82) is 0 Å². The van der Waals surface area contributed by atoms with Gasteiger partial charge in [0.1, 0.15) is 0 Å². The molecule has 0 atom stereocenters. The van der Waals surface area contributed by atoms with Crippen molar-refractivity contribution in [3.05, 3.63) is 80.5 Å². The molecule has 0 saturated carbocycles. The molecule has 3 N–H and O–H groups in total. The van der Waals surface area contributed by atoms with Crippen LogP contribution < -0.4 is 16.4 Å². The normalized spacial score (nSPS) is 11.1. The molecule has 7 nitrogen and oxygen atoms in total. The van der Waals surface area contributed by atoms with E-state index in [1.54, 1.807) is 25.1 Å². The lowest BCUT2D eigenvalue weighted by molar-refractivity contribution is 0.0950. The summed E-state index contributed by atoms with van der Waals surface area (Å²) in [5.74, 6) is -0.259. The molecular formula is C20H18N4O3. The number of aromatic nitrogens is 3. The highest BCUT2D eigenvalue weighted by Gasteiger charge is 2.11. The Balaban J connectivity index is 1.59. The van der Waals surface area contributed by atoms with Crippen molar-refractivity contribution < 1.29 is 4.79 Å². The third-order valence-corrected chi connectivity index (χ3v) is 4.58. The predicted molar refractivity (Wildman–Crippen MR) is 104 cm³/mol. The number of hydrogen-bond donors (Lipinski definition) is 3. The number of nitrogens with zero attached hydrogens (tertiary/aromatic N) is 1. The first-order valence-corrected chi connectivity index (χ1v) is 8.68. The first-order chi connectivity index (χ1) is 13.1. The highest BCUT2D eigenvalue weighted by Crippen LogP contribution is 2.15. The van der Waals surface area contributed by atoms with Crippen molar-refractivity contribution in [2.75, 3.05) is 0 Å². The van der Waals surface area contributed by atoms with Crippen LogP contribution in [0, 0.1) is 0 Å². The average Bonchev–Trinajstić information content (AvgIpc) is 3.10. The van der Waals surface area contributed by atoms with E-state index in [0.29, 0.717) is 29.7 Å². The topological polar surface area (TPSA) is 99.8 Å². The Morgan fingerprint density at radius 2 is 1.85 bits per heavy atom. The molecule has 1 amide bonds. The molecule has 0 bridgehead atoms. The van der Waals surface area contributed by atoms with Crippen molar-refractivity contribution in [1.82, 2.24) is 19.9 Å². The monoisotopic (exact) mass is 362 g/mol. The predicted octanol–water partition coefficient (Wildman–Crippen LogP) is 2.12. The van der Waals surface area contributed by atoms with Gasteiger partial charge in [0.05, 0.1) is 17.6 Å². The molecule has 0 aliphatic carbocycles. The van der Waals surface area contributed by atoms with E-state index in [9.17, 15) is 14.4 Å². The van der Waals surface area contributed by atoms with Gasteiger partial charge in [0.25, 0.3) is 5.91 Å². The number of aromatic amines is 2. The molecule has 0 unspecified atom stereocenters. The van der Waals surface area contributed by atoms with Crippen LogP contribution >= 0.6 is 0 Å². The van der Waals surface area contributed by atoms with Crippen LogP contribution in [-0.4, -0.2) is 20.4 Å². The van der Waals surface area contributed by atoms with E-state index in [-0.39, 0.29) is 5.91 Å². The van der Waals surface area contributed by atoms with Crippen molar-refractivity contribution in [2.24, 2.45) is 0 Å². The smallest absolute Gasteiger partial charge is 0.316 e. The summed E-state index contributed by atoms with van der Waals surface area (Å²) in [6.07, 6.45) is 0. The summed E-state index contributed by atoms with van der Waals surface area (Å²) in [5.41, 5.74) is 2.09. The molecule has 0 radical (unpaired) electrons. The molecule has 4 rings (SSSR count). The Bertz CT molecular complexity index is 1250. The summed E-state index contributed by atoms with van der Waals surface area (Å²) in [6, 6.07) is 14.8. The molecule has 136 valence electrons. The highest BCUT2D eigenvalue weighted by molar-refractivity contribution is 5.97. The zero-order valence-electron chi connectivity index (χ0n) is 14.7. The first kappa shape index (κ1) is 16.8. The third kappa shape index (κ3) is 3.03. The van der Waals surface area contributed by atoms with Crippen molar-refractivity contribution in [3.63, 3.8) is 0 Å². The zero-order valence-corrected chi connectivity index (χ0v) is 14.7. The van der Waals surface area contributed by atoms with Crippen molar-refractivity contribution >= 4 is 27.8 Å². The van der Waals surface area contributed by atoms with E-state index in [0.717, 1.165) is 16.6 Å². The molecule has 2 heterocycles. The molecule has 0 saturated heterocycles. The van der Waals surface area contributed by atoms with Gasteiger partial charge < -0.3 is 19.9 Å². The van der Waals surface area contributed by atoms with Gasteiger partial charge in [0, 0.05) is 23.3 Å². The number of rotatable bonds is 4. The molecule has 7 heteroatoms. The minimum absolute atomic E-state index is 0.259. The maximum absolute atomic E-state index is 12.5. The van der Waals surface area contributed by atoms with E-state index < -0.39 is 11.1 Å². The van der Waals surface area contributed by atoms with Gasteiger partial charge in [-0.1, -0.05) is 18.2 Å². The Morgan fingerprint density at radius 1 is 1.04 bits per heavy atom. The van der Waals surface area contributed by atoms with Gasteiger partial charge in [-0.3, -0.25) is 14.4 Å². The van der Waals surface area contributed by atoms with E-state index >= 15 is 0 Å². The SMILES string of the molecule is CCn1c(=O)c(=O)[nH]c2cc(C(=O)NCc3cc4ccccc4[nH]3)ccc21. The van der Waals surface area contributed by atoms with Gasteiger partial charge in [0.2, 0.25) is 0 Å². The fraction of sp³-hybridized carbons (Fsp3) is 0.150. The zero-order chi connectivity index (χ0) is 19.0. The van der Waals surface area contributed by atoms with Crippen molar-refractivity contribution in [2.45, 2.75) is 20.0 Å². The number of H-pyrrole nitrogens is 2. The lowest BCUT2D eigenvalue weighted by Gasteiger charge is -2.09. The summed E-state index contributed by atoms with van der Waals surface area (Å²) in [4.78, 5) is 42.0. The van der Waals surface area contributed by atoms with Crippen LogP contribution in [0.5, 0.6) is 0 Å². The van der Waals surface area contributed by atoms with Crippen LogP contribution in [0.1, 0.15) is 23.0 Å². The average molecular weight is 362 g/mol. The van der Waals surface area contributed by atoms with E-state index in [1.807, 2.05) is 30.3 Å². The summed E-state index contributed by atoms with van der Waals surface area (Å²) in [5, 5.41) is 3.95. The second kappa shape index (κ2) is 6.60. The third-order valence-electron chi connectivity index (χ3n) is 4.58. The summed E-state index contributed by atoms with van der Waals surface area (Å²) < 4.78 is 1.39. The minimum atomic E-state index is -0.694. The molecule has 27 heavy (non-hydrogen) atoms. The van der Waals surface area contributed by atoms with Gasteiger partial charge in [0.15, 0.2) is 0 Å². The molecule has 4 aromatic rings. The molecule has 0 spiro atoms. The number of nitrogens with one attached hydrogen (secondary N) is 3. The largest absolute Gasteiger partial charge is 0.357 e. The molecular weight excluding hydrogens is 344 g/mol. The fourth-order valence-electron chi connectivity index (χ4n) is 3.24. The van der Waals surface area contributed by atoms with Crippen LogP contribution in [0.15, 0.2) is 58.1 Å². The fourth-order valence-corrected chi connectivity index (χ4v) is 3.24. The van der Waals surface area contributed by atoms with Crippen LogP contribution in [0.3, 0.4) is 0 Å². The Morgan fingerprint density at radius 3 is 2.63 bits per heavy atom. The molecule has 0 aliphatic heterocycles. The van der Waals surface area contributed by atoms with E-state index in [1.165, 1.54) is 4.57 Å². The molecule has 0 fully saturated rings. The number of aryl methyl sites for hydroxylation is 1. The van der Waals surface area contributed by atoms with Gasteiger partial charge in [-0.25, -0.2) is 0 Å². The van der Waals surface area contributed by atoms with Crippen LogP contribution in [0.2, 0.25) is 0 Å². The van der Waals surface area contributed by atoms with Crippen molar-refractivity contribution in [3.8, 4) is 0 Å². The minimum Gasteiger partial charge on any atom is -0.357 e. The Hall–Kier alpha value is -3.61. The molecule has 0 aliphatic rings. The van der Waals surface area contributed by atoms with Crippen LogP contribution in [0.25, 0.3) is 21.9 Å². The maximum Gasteiger partial charge on any atom is 0.316 e. The molecule has 2 aromatic carbocycles. The standard InChI is InChI=1S/C20H18N4O3/c1-2-24-17-8-7-13(10-16(17)23-19(26)20(24)27)18(25)21-11-14-9-12-5-3-4-6-15(12)22-14/h3-10,22H,2,11H2,1H3,(H,21,25)(H,23,26). The summed E-state index contributed by atoms with van der Waals surface area (Å²) >= 11 is 0. The second-order valence-electron chi connectivity index (χ2n) is 6.30. The lowest BCUT2D eigenvalue weighted by Crippen LogP contribution is -2.36. The Labute approximate surface area is 153 Å². The number of fused-ring (bicyclic) bond motifs is 2. The van der Waals surface area contributed by atoms with E-state index in [2.05, 4.69) is 15.3 Å². The second-order valence-corrected chi connectivity index (χ2v) is 6.30. The highest BCUT2D eigenvalue weighted by atomic mass is 16.2. The lowest BCUT2D eigenvalue weighted by atomic mass is 10.1. The number of hydrogen-bond acceptors (Lipinski definition) is 3. The van der Waals surface area contributed by atoms with Gasteiger partial charge in [-0.05, 0) is 42.6 Å². The van der Waals surface area contributed by atoms with Gasteiger partial charge >= 0.3 is 11.1 Å². The summed E-state index contributed by atoms with van der Waals surface area (Å²) in [7, 11) is 0. The number of benzene rings is 2. The molecule has 2 aromatic heterocycles. The quantitative estimate of drug-likeness (QED) is 0.485. The van der Waals surface area contributed by atoms with E-state index in [4.69, 9.17) is 0 Å². The number of para-hydroxylation sites is 1. The number of amides is 1. The summed E-state index contributed by atoms with van der Waals surface area (Å²) in [6.45, 7) is 2.53. The number of carbonyl (C=O) groups excluding carboxylic acids is 1. The van der Waals surface area contributed by atoms with Gasteiger partial charge in [-0.2, -0.15) is 0 Å². The van der Waals surface area contributed by atoms with Gasteiger partial charge in [-0.15, -0.1) is 0 Å². The first-order valence-electron chi connectivity index (χ1n) is 8.68. The van der Waals surface area contributed by atoms with Crippen LogP contribution in [0.4, 0.5) is 0 Å². The van der Waals surface area contributed by atoms with Crippen LogP contribution in [-0.2, 0) is 13.1 Å².